The number of amides is 2. The second-order valence-electron chi connectivity index (χ2n) is 7.60. The Bertz CT molecular complexity index is 842. The number of nitrogens with one attached hydrogen (secondary N) is 3. The zero-order chi connectivity index (χ0) is 20.9. The van der Waals surface area contributed by atoms with Crippen LogP contribution < -0.4 is 20.4 Å². The number of benzene rings is 1. The van der Waals surface area contributed by atoms with Crippen LogP contribution >= 0.6 is 0 Å². The maximum atomic E-state index is 12.2. The fourth-order valence-electron chi connectivity index (χ4n) is 2.31. The van der Waals surface area contributed by atoms with Gasteiger partial charge in [0.15, 0.2) is 6.20 Å². The normalized spacial score (nSPS) is 12.1. The standard InChI is InChI=1S/C21H27N3O4/c1-13-8-7-9-17(14(13)2)27-18-11-10-16(12-22-18)24-19(25)15(3)23-20(26)28-21(4,5)6/h7-12,15H,1-6H3,(H,23,26)(H,24,25)/p+1/t15-/m1/s1. The van der Waals surface area contributed by atoms with Gasteiger partial charge >= 0.3 is 12.0 Å². The lowest BCUT2D eigenvalue weighted by atomic mass is 10.1. The molecule has 1 atom stereocenters. The number of hydrogen-bond acceptors (Lipinski definition) is 4. The third-order valence-corrected chi connectivity index (χ3v) is 3.95. The van der Waals surface area contributed by atoms with Crippen LogP contribution in [0.2, 0.25) is 0 Å². The number of H-pyrrole nitrogens is 1. The van der Waals surface area contributed by atoms with Crippen LogP contribution in [0.15, 0.2) is 36.5 Å². The van der Waals surface area contributed by atoms with Crippen LogP contribution in [-0.2, 0) is 9.53 Å². The number of carbonyl (C=O) groups is 2. The average Bonchev–Trinajstić information content (AvgIpc) is 2.58. The molecular formula is C21H28N3O4+. The molecule has 7 nitrogen and oxygen atoms in total. The maximum absolute atomic E-state index is 12.2. The Labute approximate surface area is 165 Å². The average molecular weight is 386 g/mol. The first kappa shape index (κ1) is 21.2. The molecule has 0 aliphatic rings. The molecule has 3 N–H and O–H groups in total. The Kier molecular flexibility index (Phi) is 6.62. The second-order valence-corrected chi connectivity index (χ2v) is 7.60. The molecule has 0 aliphatic heterocycles. The summed E-state index contributed by atoms with van der Waals surface area (Å²) in [4.78, 5) is 27.0. The number of hydrogen-bond donors (Lipinski definition) is 2. The van der Waals surface area contributed by atoms with E-state index in [0.29, 0.717) is 11.6 Å². The maximum Gasteiger partial charge on any atom is 0.408 e. The van der Waals surface area contributed by atoms with Crippen LogP contribution in [0.3, 0.4) is 0 Å². The molecule has 0 unspecified atom stereocenters. The largest absolute Gasteiger partial charge is 0.444 e. The molecule has 1 heterocycles. The van der Waals surface area contributed by atoms with E-state index < -0.39 is 17.7 Å². The summed E-state index contributed by atoms with van der Waals surface area (Å²) in [6.45, 7) is 10.9. The lowest BCUT2D eigenvalue weighted by Crippen LogP contribution is -2.44. The number of aromatic amines is 1. The number of aryl methyl sites for hydroxylation is 1. The van der Waals surface area contributed by atoms with Gasteiger partial charge in [0, 0.05) is 0 Å². The SMILES string of the molecule is Cc1cccc(Oc2ccc(NC(=O)[C@@H](C)NC(=O)OC(C)(C)C)c[nH+]2)c1C. The number of pyridine rings is 1. The highest BCUT2D eigenvalue weighted by Crippen LogP contribution is 2.24. The predicted molar refractivity (Wildman–Crippen MR) is 106 cm³/mol. The first-order valence-corrected chi connectivity index (χ1v) is 9.11. The molecule has 1 aromatic heterocycles. The minimum absolute atomic E-state index is 0.359. The quantitative estimate of drug-likeness (QED) is 0.818. The smallest absolute Gasteiger partial charge is 0.408 e. The van der Waals surface area contributed by atoms with Gasteiger partial charge in [-0.1, -0.05) is 12.1 Å². The molecule has 150 valence electrons. The Morgan fingerprint density at radius 2 is 1.82 bits per heavy atom. The molecule has 0 bridgehead atoms. The van der Waals surface area contributed by atoms with Gasteiger partial charge < -0.3 is 20.1 Å². The van der Waals surface area contributed by atoms with E-state index >= 15 is 0 Å². The van der Waals surface area contributed by atoms with Gasteiger partial charge in [-0.3, -0.25) is 4.79 Å². The van der Waals surface area contributed by atoms with Crippen LogP contribution in [-0.4, -0.2) is 23.6 Å². The van der Waals surface area contributed by atoms with Gasteiger partial charge in [-0.15, -0.1) is 0 Å². The third-order valence-electron chi connectivity index (χ3n) is 3.95. The van der Waals surface area contributed by atoms with Gasteiger partial charge in [-0.05, 0) is 64.8 Å². The highest BCUT2D eigenvalue weighted by atomic mass is 16.6. The molecular weight excluding hydrogens is 358 g/mol. The van der Waals surface area contributed by atoms with Gasteiger partial charge in [0.1, 0.15) is 23.1 Å². The number of carbonyl (C=O) groups excluding carboxylic acids is 2. The van der Waals surface area contributed by atoms with E-state index in [0.717, 1.165) is 16.9 Å². The van der Waals surface area contributed by atoms with Crippen LogP contribution in [0.5, 0.6) is 11.6 Å². The number of ether oxygens (including phenoxy) is 2. The molecule has 0 spiro atoms. The van der Waals surface area contributed by atoms with Crippen molar-refractivity contribution in [3.63, 3.8) is 0 Å². The topological polar surface area (TPSA) is 90.8 Å². The zero-order valence-corrected chi connectivity index (χ0v) is 17.2. The molecule has 0 radical (unpaired) electrons. The number of aromatic nitrogens is 1. The molecule has 7 heteroatoms. The second kappa shape index (κ2) is 8.73. The van der Waals surface area contributed by atoms with Crippen molar-refractivity contribution in [1.29, 1.82) is 0 Å². The Hall–Kier alpha value is -3.09. The molecule has 0 fully saturated rings. The molecule has 0 saturated heterocycles. The summed E-state index contributed by atoms with van der Waals surface area (Å²) in [6, 6.07) is 8.55. The summed E-state index contributed by atoms with van der Waals surface area (Å²) in [6.07, 6.45) is 0.984. The summed E-state index contributed by atoms with van der Waals surface area (Å²) < 4.78 is 11.0. The molecule has 0 aliphatic carbocycles. The Morgan fingerprint density at radius 1 is 1.11 bits per heavy atom. The monoisotopic (exact) mass is 386 g/mol. The first-order chi connectivity index (χ1) is 13.0. The van der Waals surface area contributed by atoms with Gasteiger partial charge in [-0.25, -0.2) is 4.79 Å². The molecule has 0 saturated carbocycles. The number of rotatable bonds is 5. The molecule has 1 aromatic carbocycles. The highest BCUT2D eigenvalue weighted by Gasteiger charge is 2.21. The molecule has 2 aromatic rings. The van der Waals surface area contributed by atoms with Crippen molar-refractivity contribution in [1.82, 2.24) is 5.32 Å². The first-order valence-electron chi connectivity index (χ1n) is 9.11. The summed E-state index contributed by atoms with van der Waals surface area (Å²) in [5.74, 6) is 0.956. The third kappa shape index (κ3) is 6.26. The highest BCUT2D eigenvalue weighted by molar-refractivity contribution is 5.96. The summed E-state index contributed by atoms with van der Waals surface area (Å²) >= 11 is 0. The van der Waals surface area contributed by atoms with Crippen molar-refractivity contribution in [3.8, 4) is 11.6 Å². The van der Waals surface area contributed by atoms with Gasteiger partial charge in [-0.2, -0.15) is 4.98 Å². The lowest BCUT2D eigenvalue weighted by molar-refractivity contribution is -0.390. The van der Waals surface area contributed by atoms with E-state index in [9.17, 15) is 9.59 Å². The van der Waals surface area contributed by atoms with Crippen molar-refractivity contribution in [2.75, 3.05) is 5.32 Å². The van der Waals surface area contributed by atoms with Crippen LogP contribution in [0.1, 0.15) is 38.8 Å². The van der Waals surface area contributed by atoms with E-state index in [1.165, 1.54) is 0 Å². The fourth-order valence-corrected chi connectivity index (χ4v) is 2.31. The summed E-state index contributed by atoms with van der Waals surface area (Å²) in [7, 11) is 0. The van der Waals surface area contributed by atoms with Crippen LogP contribution in [0.4, 0.5) is 10.5 Å². The zero-order valence-electron chi connectivity index (χ0n) is 17.2. The Morgan fingerprint density at radius 3 is 2.43 bits per heavy atom. The van der Waals surface area contributed by atoms with Crippen molar-refractivity contribution >= 4 is 17.7 Å². The summed E-state index contributed by atoms with van der Waals surface area (Å²) in [5.41, 5.74) is 2.14. The van der Waals surface area contributed by atoms with Gasteiger partial charge in [0.2, 0.25) is 5.91 Å². The van der Waals surface area contributed by atoms with Crippen molar-refractivity contribution in [2.45, 2.75) is 53.2 Å². The Balaban J connectivity index is 1.93. The van der Waals surface area contributed by atoms with E-state index in [-0.39, 0.29) is 5.91 Å². The minimum Gasteiger partial charge on any atom is -0.444 e. The number of alkyl carbamates (subject to hydrolysis) is 1. The van der Waals surface area contributed by atoms with E-state index in [1.54, 1.807) is 46.0 Å². The lowest BCUT2D eigenvalue weighted by Gasteiger charge is -2.21. The number of anilines is 1. The van der Waals surface area contributed by atoms with E-state index in [4.69, 9.17) is 9.47 Å². The van der Waals surface area contributed by atoms with Crippen molar-refractivity contribution in [3.05, 3.63) is 47.7 Å². The van der Waals surface area contributed by atoms with Crippen LogP contribution in [0, 0.1) is 13.8 Å². The molecule has 28 heavy (non-hydrogen) atoms. The molecule has 2 rings (SSSR count). The van der Waals surface area contributed by atoms with Gasteiger partial charge in [0.25, 0.3) is 0 Å². The predicted octanol–water partition coefficient (Wildman–Crippen LogP) is 3.76. The van der Waals surface area contributed by atoms with Gasteiger partial charge in [0.05, 0.1) is 6.07 Å². The van der Waals surface area contributed by atoms with Crippen LogP contribution in [0.25, 0.3) is 0 Å². The van der Waals surface area contributed by atoms with Crippen molar-refractivity contribution in [2.24, 2.45) is 0 Å². The fraction of sp³-hybridized carbons (Fsp3) is 0.381. The molecule has 2 amide bonds. The van der Waals surface area contributed by atoms with Crippen molar-refractivity contribution < 1.29 is 24.0 Å². The van der Waals surface area contributed by atoms with E-state index in [1.807, 2.05) is 32.0 Å². The van der Waals surface area contributed by atoms with E-state index in [2.05, 4.69) is 15.6 Å². The minimum atomic E-state index is -0.749. The summed E-state index contributed by atoms with van der Waals surface area (Å²) in [5, 5.41) is 5.23.